The predicted molar refractivity (Wildman–Crippen MR) is 55.5 cm³/mol. The van der Waals surface area contributed by atoms with Crippen molar-refractivity contribution in [3.8, 4) is 0 Å². The Morgan fingerprint density at radius 2 is 2.08 bits per heavy atom. The minimum absolute atomic E-state index is 0.124. The molecule has 1 aromatic rings. The molecule has 0 aliphatic rings. The van der Waals surface area contributed by atoms with Gasteiger partial charge in [-0.15, -0.1) is 11.3 Å². The van der Waals surface area contributed by atoms with Gasteiger partial charge in [-0.1, -0.05) is 25.9 Å². The Bertz CT molecular complexity index is 323. The lowest BCUT2D eigenvalue weighted by atomic mass is 9.95. The maximum absolute atomic E-state index is 8.47. The molecule has 3 N–H and O–H groups in total. The van der Waals surface area contributed by atoms with Crippen LogP contribution in [0.3, 0.4) is 0 Å². The van der Waals surface area contributed by atoms with E-state index in [4.69, 9.17) is 10.9 Å². The lowest BCUT2D eigenvalue weighted by molar-refractivity contribution is 0.319. The van der Waals surface area contributed by atoms with Crippen LogP contribution in [-0.4, -0.2) is 11.0 Å². The zero-order chi connectivity index (χ0) is 10.1. The van der Waals surface area contributed by atoms with Crippen molar-refractivity contribution in [2.45, 2.75) is 26.2 Å². The first kappa shape index (κ1) is 10.1. The first-order chi connectivity index (χ1) is 5.95. The summed E-state index contributed by atoms with van der Waals surface area (Å²) >= 11 is 1.56. The van der Waals surface area contributed by atoms with Gasteiger partial charge in [0.15, 0.2) is 5.84 Å². The molecule has 0 fully saturated rings. The number of oxime groups is 1. The number of hydrogen-bond acceptors (Lipinski definition) is 3. The van der Waals surface area contributed by atoms with E-state index in [0.29, 0.717) is 0 Å². The molecule has 0 unspecified atom stereocenters. The van der Waals surface area contributed by atoms with E-state index in [1.165, 1.54) is 4.88 Å². The average molecular weight is 198 g/mol. The summed E-state index contributed by atoms with van der Waals surface area (Å²) in [5, 5.41) is 11.4. The average Bonchev–Trinajstić information content (AvgIpc) is 2.50. The fourth-order valence-electron chi connectivity index (χ4n) is 0.928. The van der Waals surface area contributed by atoms with Crippen molar-refractivity contribution in [2.24, 2.45) is 10.9 Å². The summed E-state index contributed by atoms with van der Waals surface area (Å²) in [6.07, 6.45) is 0. The minimum Gasteiger partial charge on any atom is -0.409 e. The topological polar surface area (TPSA) is 58.6 Å². The Balaban J connectivity index is 3.00. The summed E-state index contributed by atoms with van der Waals surface area (Å²) in [7, 11) is 0. The van der Waals surface area contributed by atoms with Crippen molar-refractivity contribution in [2.75, 3.05) is 0 Å². The van der Waals surface area contributed by atoms with Crippen molar-refractivity contribution in [1.29, 1.82) is 0 Å². The number of nitrogens with zero attached hydrogens (tertiary/aromatic N) is 1. The lowest BCUT2D eigenvalue weighted by Gasteiger charge is -2.15. The largest absolute Gasteiger partial charge is 0.409 e. The third-order valence-electron chi connectivity index (χ3n) is 1.71. The Kier molecular flexibility index (Phi) is 2.61. The van der Waals surface area contributed by atoms with Gasteiger partial charge >= 0.3 is 0 Å². The Morgan fingerprint density at radius 3 is 2.46 bits per heavy atom. The van der Waals surface area contributed by atoms with Crippen LogP contribution >= 0.6 is 11.3 Å². The highest BCUT2D eigenvalue weighted by Gasteiger charge is 2.16. The summed E-state index contributed by atoms with van der Waals surface area (Å²) in [6.45, 7) is 6.40. The fourth-order valence-corrected chi connectivity index (χ4v) is 1.89. The highest BCUT2D eigenvalue weighted by atomic mass is 32.1. The molecule has 0 atom stereocenters. The van der Waals surface area contributed by atoms with E-state index >= 15 is 0 Å². The van der Waals surface area contributed by atoms with Crippen molar-refractivity contribution in [3.63, 3.8) is 0 Å². The van der Waals surface area contributed by atoms with Crippen molar-refractivity contribution in [3.05, 3.63) is 21.9 Å². The molecule has 0 aliphatic carbocycles. The van der Waals surface area contributed by atoms with Crippen LogP contribution in [0.4, 0.5) is 0 Å². The number of rotatable bonds is 1. The monoisotopic (exact) mass is 198 g/mol. The molecular formula is C9H14N2OS. The highest BCUT2D eigenvalue weighted by molar-refractivity contribution is 7.14. The Morgan fingerprint density at radius 1 is 1.46 bits per heavy atom. The van der Waals surface area contributed by atoms with E-state index in [2.05, 4.69) is 25.9 Å². The molecule has 0 radical (unpaired) electrons. The van der Waals surface area contributed by atoms with Gasteiger partial charge in [-0.3, -0.25) is 0 Å². The predicted octanol–water partition coefficient (Wildman–Crippen LogP) is 2.14. The first-order valence-electron chi connectivity index (χ1n) is 4.03. The molecule has 0 aliphatic heterocycles. The second-order valence-corrected chi connectivity index (χ2v) is 4.98. The molecule has 0 saturated heterocycles. The van der Waals surface area contributed by atoms with Crippen LogP contribution in [-0.2, 0) is 5.41 Å². The molecule has 1 heterocycles. The SMILES string of the molecule is CC(C)(C)c1ccc(/C(N)=N/O)s1. The van der Waals surface area contributed by atoms with E-state index in [1.54, 1.807) is 11.3 Å². The molecule has 72 valence electrons. The molecule has 0 saturated carbocycles. The van der Waals surface area contributed by atoms with Crippen LogP contribution in [0, 0.1) is 0 Å². The molecular weight excluding hydrogens is 184 g/mol. The standard InChI is InChI=1S/C9H14N2OS/c1-9(2,3)7-5-4-6(13-7)8(10)11-12/h4-5,12H,1-3H3,(H2,10,11). The molecule has 1 aromatic heterocycles. The zero-order valence-corrected chi connectivity index (χ0v) is 8.85. The molecule has 0 aromatic carbocycles. The number of nitrogens with two attached hydrogens (primary N) is 1. The van der Waals surface area contributed by atoms with E-state index < -0.39 is 0 Å². The van der Waals surface area contributed by atoms with Crippen molar-refractivity contribution in [1.82, 2.24) is 0 Å². The second-order valence-electron chi connectivity index (χ2n) is 3.90. The van der Waals surface area contributed by atoms with Gasteiger partial charge in [0, 0.05) is 4.88 Å². The molecule has 4 heteroatoms. The Hall–Kier alpha value is -1.03. The molecule has 0 amide bonds. The maximum Gasteiger partial charge on any atom is 0.180 e. The van der Waals surface area contributed by atoms with Crippen LogP contribution in [0.25, 0.3) is 0 Å². The Labute approximate surface area is 81.9 Å². The molecule has 1 rings (SSSR count). The van der Waals surface area contributed by atoms with Gasteiger partial charge < -0.3 is 10.9 Å². The summed E-state index contributed by atoms with van der Waals surface area (Å²) in [6, 6.07) is 3.89. The van der Waals surface area contributed by atoms with Crippen LogP contribution in [0.5, 0.6) is 0 Å². The van der Waals surface area contributed by atoms with Crippen LogP contribution < -0.4 is 5.73 Å². The quantitative estimate of drug-likeness (QED) is 0.314. The number of thiophene rings is 1. The smallest absolute Gasteiger partial charge is 0.180 e. The normalized spacial score (nSPS) is 13.3. The van der Waals surface area contributed by atoms with Gasteiger partial charge in [-0.05, 0) is 17.5 Å². The third kappa shape index (κ3) is 2.21. The molecule has 0 bridgehead atoms. The van der Waals surface area contributed by atoms with Gasteiger partial charge in [0.25, 0.3) is 0 Å². The minimum atomic E-state index is 0.124. The van der Waals surface area contributed by atoms with E-state index in [1.807, 2.05) is 12.1 Å². The van der Waals surface area contributed by atoms with Gasteiger partial charge in [-0.25, -0.2) is 0 Å². The highest BCUT2D eigenvalue weighted by Crippen LogP contribution is 2.29. The first-order valence-corrected chi connectivity index (χ1v) is 4.85. The van der Waals surface area contributed by atoms with E-state index in [0.717, 1.165) is 4.88 Å². The van der Waals surface area contributed by atoms with Crippen molar-refractivity contribution < 1.29 is 5.21 Å². The number of amidine groups is 1. The van der Waals surface area contributed by atoms with E-state index in [9.17, 15) is 0 Å². The second kappa shape index (κ2) is 3.38. The summed E-state index contributed by atoms with van der Waals surface area (Å²) in [5.74, 6) is 0.181. The third-order valence-corrected chi connectivity index (χ3v) is 3.24. The van der Waals surface area contributed by atoms with Gasteiger partial charge in [0.2, 0.25) is 0 Å². The van der Waals surface area contributed by atoms with E-state index in [-0.39, 0.29) is 11.3 Å². The van der Waals surface area contributed by atoms with Crippen LogP contribution in [0.15, 0.2) is 17.3 Å². The van der Waals surface area contributed by atoms with Crippen molar-refractivity contribution >= 4 is 17.2 Å². The maximum atomic E-state index is 8.47. The van der Waals surface area contributed by atoms with Gasteiger partial charge in [0.05, 0.1) is 4.88 Å². The number of hydrogen-bond donors (Lipinski definition) is 2. The summed E-state index contributed by atoms with van der Waals surface area (Å²) < 4.78 is 0. The molecule has 0 spiro atoms. The van der Waals surface area contributed by atoms with Crippen LogP contribution in [0.2, 0.25) is 0 Å². The van der Waals surface area contributed by atoms with Gasteiger partial charge in [-0.2, -0.15) is 0 Å². The van der Waals surface area contributed by atoms with Gasteiger partial charge in [0.1, 0.15) is 0 Å². The summed E-state index contributed by atoms with van der Waals surface area (Å²) in [4.78, 5) is 2.04. The zero-order valence-electron chi connectivity index (χ0n) is 8.03. The fraction of sp³-hybridized carbons (Fsp3) is 0.444. The van der Waals surface area contributed by atoms with Crippen LogP contribution in [0.1, 0.15) is 30.5 Å². The summed E-state index contributed by atoms with van der Waals surface area (Å²) in [5.41, 5.74) is 5.58. The molecule has 13 heavy (non-hydrogen) atoms. The molecule has 3 nitrogen and oxygen atoms in total. The lowest BCUT2D eigenvalue weighted by Crippen LogP contribution is -2.11.